The zero-order valence-corrected chi connectivity index (χ0v) is 15.1. The summed E-state index contributed by atoms with van der Waals surface area (Å²) in [5.74, 6) is 0.679. The largest absolute Gasteiger partial charge is 0.379 e. The Balaban J connectivity index is 1.47. The van der Waals surface area contributed by atoms with E-state index in [4.69, 9.17) is 0 Å². The second-order valence-electron chi connectivity index (χ2n) is 7.68. The van der Waals surface area contributed by atoms with Crippen molar-refractivity contribution in [3.63, 3.8) is 0 Å². The van der Waals surface area contributed by atoms with E-state index in [2.05, 4.69) is 10.3 Å². The van der Waals surface area contributed by atoms with E-state index in [0.29, 0.717) is 19.5 Å². The van der Waals surface area contributed by atoms with Gasteiger partial charge < -0.3 is 15.3 Å². The molecule has 1 aliphatic carbocycles. The van der Waals surface area contributed by atoms with Crippen molar-refractivity contribution < 1.29 is 9.90 Å². The van der Waals surface area contributed by atoms with Crippen LogP contribution in [0.5, 0.6) is 0 Å². The maximum atomic E-state index is 12.8. The molecule has 5 heteroatoms. The predicted molar refractivity (Wildman–Crippen MR) is 97.9 cm³/mol. The number of likely N-dealkylation sites (tertiary alicyclic amines) is 1. The molecule has 2 N–H and O–H groups in total. The topological polar surface area (TPSA) is 65.5 Å². The highest BCUT2D eigenvalue weighted by molar-refractivity contribution is 5.86. The summed E-state index contributed by atoms with van der Waals surface area (Å²) in [6, 6.07) is 3.88. The van der Waals surface area contributed by atoms with Crippen molar-refractivity contribution in [1.29, 1.82) is 0 Å². The summed E-state index contributed by atoms with van der Waals surface area (Å²) >= 11 is 0. The van der Waals surface area contributed by atoms with Gasteiger partial charge in [0.15, 0.2) is 5.60 Å². The van der Waals surface area contributed by atoms with Gasteiger partial charge in [-0.05, 0) is 42.9 Å². The Kier molecular flexibility index (Phi) is 6.43. The standard InChI is InChI=1S/C20H31N3O2/c24-19-20(25,16-22-15-18-7-11-21-12-8-18)10-4-13-23(19)14-9-17-5-2-1-3-6-17/h7-8,11-12,17,22,25H,1-6,9-10,13-16H2/t20-/m1/s1. The van der Waals surface area contributed by atoms with Crippen molar-refractivity contribution in [3.05, 3.63) is 30.1 Å². The van der Waals surface area contributed by atoms with Gasteiger partial charge in [-0.2, -0.15) is 0 Å². The van der Waals surface area contributed by atoms with Crippen molar-refractivity contribution in [1.82, 2.24) is 15.2 Å². The number of hydrogen-bond donors (Lipinski definition) is 2. The third kappa shape index (κ3) is 5.02. The number of amides is 1. The molecule has 2 fully saturated rings. The lowest BCUT2D eigenvalue weighted by atomic mass is 9.86. The molecule has 2 heterocycles. The third-order valence-electron chi connectivity index (χ3n) is 5.73. The first-order valence-electron chi connectivity index (χ1n) is 9.79. The number of nitrogens with one attached hydrogen (secondary N) is 1. The lowest BCUT2D eigenvalue weighted by Crippen LogP contribution is -2.58. The second-order valence-corrected chi connectivity index (χ2v) is 7.68. The van der Waals surface area contributed by atoms with Crippen LogP contribution in [0.4, 0.5) is 0 Å². The molecule has 1 atom stereocenters. The molecular weight excluding hydrogens is 314 g/mol. The number of rotatable bonds is 7. The minimum atomic E-state index is -1.25. The van der Waals surface area contributed by atoms with Gasteiger partial charge in [0.1, 0.15) is 0 Å². The quantitative estimate of drug-likeness (QED) is 0.797. The summed E-state index contributed by atoms with van der Waals surface area (Å²) < 4.78 is 0. The van der Waals surface area contributed by atoms with Crippen LogP contribution in [0.3, 0.4) is 0 Å². The molecule has 1 aromatic rings. The van der Waals surface area contributed by atoms with Gasteiger partial charge in [0.2, 0.25) is 0 Å². The Morgan fingerprint density at radius 3 is 2.72 bits per heavy atom. The molecule has 1 saturated heterocycles. The van der Waals surface area contributed by atoms with E-state index < -0.39 is 5.60 Å². The van der Waals surface area contributed by atoms with Crippen LogP contribution in [0.25, 0.3) is 0 Å². The highest BCUT2D eigenvalue weighted by Crippen LogP contribution is 2.28. The van der Waals surface area contributed by atoms with Crippen LogP contribution in [0.15, 0.2) is 24.5 Å². The maximum absolute atomic E-state index is 12.8. The van der Waals surface area contributed by atoms with Crippen molar-refractivity contribution >= 4 is 5.91 Å². The van der Waals surface area contributed by atoms with Crippen LogP contribution in [0, 0.1) is 5.92 Å². The van der Waals surface area contributed by atoms with Gasteiger partial charge in [-0.25, -0.2) is 0 Å². The molecule has 2 aliphatic rings. The highest BCUT2D eigenvalue weighted by atomic mass is 16.3. The molecule has 3 rings (SSSR count). The number of aromatic nitrogens is 1. The first kappa shape index (κ1) is 18.3. The molecule has 0 aromatic carbocycles. The van der Waals surface area contributed by atoms with Crippen molar-refractivity contribution in [2.45, 2.75) is 63.5 Å². The first-order valence-corrected chi connectivity index (χ1v) is 9.79. The Bertz CT molecular complexity index is 545. The average molecular weight is 345 g/mol. The molecule has 0 radical (unpaired) electrons. The maximum Gasteiger partial charge on any atom is 0.255 e. The lowest BCUT2D eigenvalue weighted by molar-refractivity contribution is -0.156. The molecule has 1 amide bonds. The monoisotopic (exact) mass is 345 g/mol. The number of piperidine rings is 1. The summed E-state index contributed by atoms with van der Waals surface area (Å²) in [5, 5.41) is 14.1. The van der Waals surface area contributed by atoms with Crippen molar-refractivity contribution in [2.75, 3.05) is 19.6 Å². The second kappa shape index (κ2) is 8.77. The van der Waals surface area contributed by atoms with E-state index in [1.165, 1.54) is 32.1 Å². The zero-order chi connectivity index (χ0) is 17.5. The first-order chi connectivity index (χ1) is 12.2. The summed E-state index contributed by atoms with van der Waals surface area (Å²) in [6.45, 7) is 2.54. The highest BCUT2D eigenvalue weighted by Gasteiger charge is 2.41. The van der Waals surface area contributed by atoms with E-state index in [1.807, 2.05) is 17.0 Å². The fourth-order valence-corrected chi connectivity index (χ4v) is 4.17. The molecule has 0 bridgehead atoms. The minimum Gasteiger partial charge on any atom is -0.379 e. The normalized spacial score (nSPS) is 25.3. The molecule has 0 unspecified atom stereocenters. The molecule has 1 saturated carbocycles. The molecule has 5 nitrogen and oxygen atoms in total. The fourth-order valence-electron chi connectivity index (χ4n) is 4.17. The van der Waals surface area contributed by atoms with Gasteiger partial charge in [-0.1, -0.05) is 32.1 Å². The Morgan fingerprint density at radius 2 is 1.96 bits per heavy atom. The van der Waals surface area contributed by atoms with E-state index in [0.717, 1.165) is 37.4 Å². The average Bonchev–Trinajstić information content (AvgIpc) is 2.65. The van der Waals surface area contributed by atoms with Gasteiger partial charge in [0, 0.05) is 38.6 Å². The van der Waals surface area contributed by atoms with Gasteiger partial charge >= 0.3 is 0 Å². The van der Waals surface area contributed by atoms with Gasteiger partial charge in [0.05, 0.1) is 0 Å². The molecule has 138 valence electrons. The fraction of sp³-hybridized carbons (Fsp3) is 0.700. The Hall–Kier alpha value is -1.46. The van der Waals surface area contributed by atoms with E-state index in [-0.39, 0.29) is 5.91 Å². The Morgan fingerprint density at radius 1 is 1.20 bits per heavy atom. The zero-order valence-electron chi connectivity index (χ0n) is 15.1. The SMILES string of the molecule is O=C1N(CCC2CCCCC2)CCC[C@@]1(O)CNCc1ccncc1. The van der Waals surface area contributed by atoms with Crippen LogP contribution >= 0.6 is 0 Å². The van der Waals surface area contributed by atoms with Gasteiger partial charge in [-0.3, -0.25) is 9.78 Å². The molecule has 25 heavy (non-hydrogen) atoms. The summed E-state index contributed by atoms with van der Waals surface area (Å²) in [7, 11) is 0. The number of nitrogens with zero attached hydrogens (tertiary/aromatic N) is 2. The summed E-state index contributed by atoms with van der Waals surface area (Å²) in [5.41, 5.74) is -0.145. The predicted octanol–water partition coefficient (Wildman–Crippen LogP) is 2.50. The van der Waals surface area contributed by atoms with Crippen LogP contribution in [0.2, 0.25) is 0 Å². The summed E-state index contributed by atoms with van der Waals surface area (Å²) in [4.78, 5) is 18.7. The van der Waals surface area contributed by atoms with Crippen LogP contribution in [-0.2, 0) is 11.3 Å². The van der Waals surface area contributed by atoms with E-state index in [1.54, 1.807) is 12.4 Å². The van der Waals surface area contributed by atoms with Crippen molar-refractivity contribution in [3.8, 4) is 0 Å². The van der Waals surface area contributed by atoms with Gasteiger partial charge in [0.25, 0.3) is 5.91 Å². The number of aliphatic hydroxyl groups is 1. The molecule has 1 aliphatic heterocycles. The van der Waals surface area contributed by atoms with Gasteiger partial charge in [-0.15, -0.1) is 0 Å². The number of pyridine rings is 1. The smallest absolute Gasteiger partial charge is 0.255 e. The number of carbonyl (C=O) groups excluding carboxylic acids is 1. The lowest BCUT2D eigenvalue weighted by Gasteiger charge is -2.39. The van der Waals surface area contributed by atoms with E-state index in [9.17, 15) is 9.90 Å². The number of hydrogen-bond acceptors (Lipinski definition) is 4. The summed E-state index contributed by atoms with van der Waals surface area (Å²) in [6.07, 6.45) is 12.7. The minimum absolute atomic E-state index is 0.0863. The molecule has 1 aromatic heterocycles. The number of carbonyl (C=O) groups is 1. The third-order valence-corrected chi connectivity index (χ3v) is 5.73. The van der Waals surface area contributed by atoms with Crippen LogP contribution in [-0.4, -0.2) is 46.1 Å². The Labute approximate surface area is 150 Å². The van der Waals surface area contributed by atoms with Crippen LogP contribution in [0.1, 0.15) is 56.9 Å². The van der Waals surface area contributed by atoms with Crippen LogP contribution < -0.4 is 5.32 Å². The van der Waals surface area contributed by atoms with Crippen molar-refractivity contribution in [2.24, 2.45) is 5.92 Å². The molecular formula is C20H31N3O2. The van der Waals surface area contributed by atoms with E-state index >= 15 is 0 Å². The molecule has 0 spiro atoms.